The second-order valence-electron chi connectivity index (χ2n) is 7.00. The fourth-order valence-electron chi connectivity index (χ4n) is 2.32. The van der Waals surface area contributed by atoms with E-state index in [1.54, 1.807) is 6.07 Å². The number of hydrogen-bond donors (Lipinski definition) is 1. The van der Waals surface area contributed by atoms with Crippen LogP contribution in [-0.4, -0.2) is 29.6 Å². The number of likely N-dealkylation sites (N-methyl/N-ethyl adjacent to an activating group) is 1. The predicted octanol–water partition coefficient (Wildman–Crippen LogP) is 3.35. The summed E-state index contributed by atoms with van der Waals surface area (Å²) in [6.45, 7) is 9.41. The number of carbonyl (C=O) groups is 1. The van der Waals surface area contributed by atoms with Crippen LogP contribution in [0.15, 0.2) is 34.9 Å². The zero-order chi connectivity index (χ0) is 17.0. The highest BCUT2D eigenvalue weighted by Crippen LogP contribution is 2.22. The van der Waals surface area contributed by atoms with Crippen molar-refractivity contribution in [3.05, 3.63) is 47.2 Å². The van der Waals surface area contributed by atoms with E-state index in [1.807, 2.05) is 18.9 Å². The second kappa shape index (κ2) is 6.96. The molecule has 1 N–H and O–H groups in total. The van der Waals surface area contributed by atoms with Gasteiger partial charge in [-0.05, 0) is 30.5 Å². The summed E-state index contributed by atoms with van der Waals surface area (Å²) in [5, 5.41) is 6.44. The summed E-state index contributed by atoms with van der Waals surface area (Å²) in [7, 11) is 1.92. The summed E-state index contributed by atoms with van der Waals surface area (Å²) in [5.74, 6) is 0.269. The van der Waals surface area contributed by atoms with E-state index in [4.69, 9.17) is 4.52 Å². The van der Waals surface area contributed by atoms with Gasteiger partial charge in [-0.3, -0.25) is 15.0 Å². The number of rotatable bonds is 5. The third-order valence-electron chi connectivity index (χ3n) is 3.58. The minimum atomic E-state index is -0.116. The number of benzene rings is 1. The van der Waals surface area contributed by atoms with Crippen LogP contribution in [0.25, 0.3) is 0 Å². The zero-order valence-corrected chi connectivity index (χ0v) is 14.5. The van der Waals surface area contributed by atoms with Gasteiger partial charge in [0.15, 0.2) is 0 Å². The minimum Gasteiger partial charge on any atom is -0.338 e. The summed E-state index contributed by atoms with van der Waals surface area (Å²) in [5.41, 5.74) is 3.39. The monoisotopic (exact) mass is 315 g/mol. The van der Waals surface area contributed by atoms with Gasteiger partial charge in [0.25, 0.3) is 0 Å². The van der Waals surface area contributed by atoms with Crippen molar-refractivity contribution in [2.45, 2.75) is 39.7 Å². The molecule has 5 heteroatoms. The molecule has 0 fully saturated rings. The molecule has 1 amide bonds. The van der Waals surface area contributed by atoms with E-state index in [0.29, 0.717) is 19.0 Å². The molecule has 0 spiro atoms. The molecular weight excluding hydrogens is 290 g/mol. The number of amides is 1. The van der Waals surface area contributed by atoms with Gasteiger partial charge in [-0.15, -0.1) is 0 Å². The quantitative estimate of drug-likeness (QED) is 0.919. The molecule has 1 aromatic heterocycles. The molecule has 0 aliphatic heterocycles. The standard InChI is InChI=1S/C18H25N3O2/c1-13-10-17(23-20-13)19-16(22)12-21(5)11-14-6-8-15(9-7-14)18(2,3)4/h6-10H,11-12H2,1-5H3,(H,19,22). The summed E-state index contributed by atoms with van der Waals surface area (Å²) in [6, 6.07) is 10.2. The number of nitrogens with one attached hydrogen (secondary N) is 1. The van der Waals surface area contributed by atoms with Crippen LogP contribution in [0.5, 0.6) is 0 Å². The molecule has 124 valence electrons. The van der Waals surface area contributed by atoms with E-state index < -0.39 is 0 Å². The lowest BCUT2D eigenvalue weighted by molar-refractivity contribution is -0.117. The van der Waals surface area contributed by atoms with Crippen LogP contribution in [0.1, 0.15) is 37.6 Å². The van der Waals surface area contributed by atoms with E-state index in [0.717, 1.165) is 5.69 Å². The number of aryl methyl sites for hydroxylation is 1. The van der Waals surface area contributed by atoms with Crippen molar-refractivity contribution in [2.75, 3.05) is 18.9 Å². The minimum absolute atomic E-state index is 0.116. The first kappa shape index (κ1) is 17.2. The van der Waals surface area contributed by atoms with Gasteiger partial charge in [0, 0.05) is 12.6 Å². The van der Waals surface area contributed by atoms with Gasteiger partial charge < -0.3 is 4.52 Å². The van der Waals surface area contributed by atoms with E-state index in [2.05, 4.69) is 55.5 Å². The Balaban J connectivity index is 1.86. The molecule has 23 heavy (non-hydrogen) atoms. The van der Waals surface area contributed by atoms with Crippen LogP contribution >= 0.6 is 0 Å². The Bertz CT molecular complexity index is 654. The highest BCUT2D eigenvalue weighted by atomic mass is 16.5. The van der Waals surface area contributed by atoms with Crippen molar-refractivity contribution in [3.63, 3.8) is 0 Å². The lowest BCUT2D eigenvalue weighted by Gasteiger charge is -2.20. The maximum absolute atomic E-state index is 12.0. The first-order chi connectivity index (χ1) is 10.7. The van der Waals surface area contributed by atoms with E-state index in [9.17, 15) is 4.79 Å². The Kier molecular flexibility index (Phi) is 5.21. The summed E-state index contributed by atoms with van der Waals surface area (Å²) >= 11 is 0. The number of carbonyl (C=O) groups excluding carboxylic acids is 1. The maximum atomic E-state index is 12.0. The molecule has 0 saturated carbocycles. The first-order valence-electron chi connectivity index (χ1n) is 7.75. The number of nitrogens with zero attached hydrogens (tertiary/aromatic N) is 2. The van der Waals surface area contributed by atoms with Crippen LogP contribution in [0, 0.1) is 6.92 Å². The maximum Gasteiger partial charge on any atom is 0.240 e. The first-order valence-corrected chi connectivity index (χ1v) is 7.75. The fraction of sp³-hybridized carbons (Fsp3) is 0.444. The summed E-state index contributed by atoms with van der Waals surface area (Å²) < 4.78 is 4.98. The third kappa shape index (κ3) is 5.21. The van der Waals surface area contributed by atoms with Gasteiger partial charge in [-0.25, -0.2) is 0 Å². The van der Waals surface area contributed by atoms with Crippen LogP contribution in [-0.2, 0) is 16.8 Å². The molecule has 0 bridgehead atoms. The van der Waals surface area contributed by atoms with Crippen LogP contribution < -0.4 is 5.32 Å². The number of anilines is 1. The molecule has 0 saturated heterocycles. The molecule has 0 unspecified atom stereocenters. The van der Waals surface area contributed by atoms with E-state index in [-0.39, 0.29) is 11.3 Å². The molecule has 5 nitrogen and oxygen atoms in total. The Morgan fingerprint density at radius 1 is 1.26 bits per heavy atom. The normalized spacial score (nSPS) is 11.7. The highest BCUT2D eigenvalue weighted by Gasteiger charge is 2.14. The molecule has 2 aromatic rings. The number of aromatic nitrogens is 1. The van der Waals surface area contributed by atoms with Crippen LogP contribution in [0.3, 0.4) is 0 Å². The van der Waals surface area contributed by atoms with Crippen LogP contribution in [0.2, 0.25) is 0 Å². The van der Waals surface area contributed by atoms with Crippen molar-refractivity contribution < 1.29 is 9.32 Å². The molecule has 2 rings (SSSR count). The average molecular weight is 315 g/mol. The van der Waals surface area contributed by atoms with Crippen molar-refractivity contribution in [1.82, 2.24) is 10.1 Å². The van der Waals surface area contributed by atoms with Crippen molar-refractivity contribution in [1.29, 1.82) is 0 Å². The van der Waals surface area contributed by atoms with Gasteiger partial charge in [0.2, 0.25) is 11.8 Å². The van der Waals surface area contributed by atoms with Gasteiger partial charge >= 0.3 is 0 Å². The third-order valence-corrected chi connectivity index (χ3v) is 3.58. The molecule has 0 aliphatic rings. The molecule has 0 atom stereocenters. The largest absolute Gasteiger partial charge is 0.338 e. The average Bonchev–Trinajstić information content (AvgIpc) is 2.83. The lowest BCUT2D eigenvalue weighted by atomic mass is 9.87. The molecule has 0 aliphatic carbocycles. The van der Waals surface area contributed by atoms with E-state index >= 15 is 0 Å². The topological polar surface area (TPSA) is 58.4 Å². The molecule has 1 heterocycles. The Morgan fingerprint density at radius 3 is 2.43 bits per heavy atom. The van der Waals surface area contributed by atoms with Crippen LogP contribution in [0.4, 0.5) is 5.88 Å². The van der Waals surface area contributed by atoms with Gasteiger partial charge in [0.1, 0.15) is 0 Å². The molecule has 0 radical (unpaired) electrons. The fourth-order valence-corrected chi connectivity index (χ4v) is 2.32. The number of hydrogen-bond acceptors (Lipinski definition) is 4. The van der Waals surface area contributed by atoms with Gasteiger partial charge in [-0.1, -0.05) is 50.2 Å². The smallest absolute Gasteiger partial charge is 0.240 e. The van der Waals surface area contributed by atoms with E-state index in [1.165, 1.54) is 11.1 Å². The molecular formula is C18H25N3O2. The highest BCUT2D eigenvalue weighted by molar-refractivity contribution is 5.90. The summed E-state index contributed by atoms with van der Waals surface area (Å²) in [6.07, 6.45) is 0. The van der Waals surface area contributed by atoms with Gasteiger partial charge in [-0.2, -0.15) is 0 Å². The Morgan fingerprint density at radius 2 is 1.91 bits per heavy atom. The molecule has 1 aromatic carbocycles. The van der Waals surface area contributed by atoms with Crippen molar-refractivity contribution in [3.8, 4) is 0 Å². The Hall–Kier alpha value is -2.14. The Labute approximate surface area is 137 Å². The lowest BCUT2D eigenvalue weighted by Crippen LogP contribution is -2.29. The summed E-state index contributed by atoms with van der Waals surface area (Å²) in [4.78, 5) is 13.9. The van der Waals surface area contributed by atoms with Crippen molar-refractivity contribution >= 4 is 11.8 Å². The van der Waals surface area contributed by atoms with Crippen molar-refractivity contribution in [2.24, 2.45) is 0 Å². The second-order valence-corrected chi connectivity index (χ2v) is 7.00. The van der Waals surface area contributed by atoms with Gasteiger partial charge in [0.05, 0.1) is 12.2 Å². The predicted molar refractivity (Wildman–Crippen MR) is 91.3 cm³/mol. The zero-order valence-electron chi connectivity index (χ0n) is 14.5. The SMILES string of the molecule is Cc1cc(NC(=O)CN(C)Cc2ccc(C(C)(C)C)cc2)on1.